The molecule has 3 heteroatoms. The van der Waals surface area contributed by atoms with Crippen molar-refractivity contribution in [2.45, 2.75) is 19.9 Å². The van der Waals surface area contributed by atoms with E-state index in [1.165, 1.54) is 5.56 Å². The Bertz CT molecular complexity index is 233. The molecule has 0 radical (unpaired) electrons. The van der Waals surface area contributed by atoms with Gasteiger partial charge in [-0.25, -0.2) is 0 Å². The van der Waals surface area contributed by atoms with Crippen LogP contribution in [0.1, 0.15) is 18.9 Å². The molecule has 1 unspecified atom stereocenters. The number of nitrogens with zero attached hydrogens (tertiary/aromatic N) is 1. The van der Waals surface area contributed by atoms with Gasteiger partial charge in [0.05, 0.1) is 12.5 Å². The first-order valence-corrected chi connectivity index (χ1v) is 5.12. The molecule has 1 rings (SSSR count). The van der Waals surface area contributed by atoms with E-state index in [4.69, 9.17) is 10.2 Å². The molecule has 0 fully saturated rings. The molecule has 0 amide bonds. The van der Waals surface area contributed by atoms with Crippen LogP contribution in [-0.4, -0.2) is 25.0 Å². The van der Waals surface area contributed by atoms with Crippen LogP contribution in [0.15, 0.2) is 23.0 Å². The first-order chi connectivity index (χ1) is 6.72. The zero-order valence-corrected chi connectivity index (χ0v) is 9.07. The Balaban J connectivity index is 2.19. The van der Waals surface area contributed by atoms with Gasteiger partial charge in [-0.1, -0.05) is 6.92 Å². The smallest absolute Gasteiger partial charge is 0.0947 e. The molecule has 14 heavy (non-hydrogen) atoms. The van der Waals surface area contributed by atoms with Gasteiger partial charge >= 0.3 is 0 Å². The summed E-state index contributed by atoms with van der Waals surface area (Å²) in [4.78, 5) is 2.29. The normalized spacial score (nSPS) is 13.4. The molecule has 0 saturated carbocycles. The third kappa shape index (κ3) is 3.94. The summed E-state index contributed by atoms with van der Waals surface area (Å²) in [6.07, 6.45) is 4.67. The third-order valence-electron chi connectivity index (χ3n) is 2.44. The number of hydrogen-bond acceptors (Lipinski definition) is 3. The topological polar surface area (TPSA) is 42.4 Å². The average molecular weight is 196 g/mol. The van der Waals surface area contributed by atoms with Crippen LogP contribution in [0, 0.1) is 5.92 Å². The Kier molecular flexibility index (Phi) is 4.70. The van der Waals surface area contributed by atoms with E-state index in [1.807, 2.05) is 6.07 Å². The molecule has 80 valence electrons. The second-order valence-electron chi connectivity index (χ2n) is 4.00. The molecule has 1 atom stereocenters. The maximum atomic E-state index is 5.56. The van der Waals surface area contributed by atoms with Crippen LogP contribution in [0.25, 0.3) is 0 Å². The van der Waals surface area contributed by atoms with E-state index in [2.05, 4.69) is 18.9 Å². The molecule has 0 aliphatic heterocycles. The van der Waals surface area contributed by atoms with Gasteiger partial charge in [-0.15, -0.1) is 0 Å². The lowest BCUT2D eigenvalue weighted by Crippen LogP contribution is -2.22. The fraction of sp³-hybridized carbons (Fsp3) is 0.636. The first kappa shape index (κ1) is 11.3. The lowest BCUT2D eigenvalue weighted by molar-refractivity contribution is 0.299. The molecule has 1 aromatic heterocycles. The van der Waals surface area contributed by atoms with Crippen LogP contribution >= 0.6 is 0 Å². The van der Waals surface area contributed by atoms with Crippen LogP contribution in [0.5, 0.6) is 0 Å². The van der Waals surface area contributed by atoms with Gasteiger partial charge in [-0.2, -0.15) is 0 Å². The lowest BCUT2D eigenvalue weighted by Gasteiger charge is -2.17. The minimum Gasteiger partial charge on any atom is -0.472 e. The predicted molar refractivity (Wildman–Crippen MR) is 57.9 cm³/mol. The minimum atomic E-state index is 0.613. The Morgan fingerprint density at radius 1 is 1.57 bits per heavy atom. The Hall–Kier alpha value is -0.800. The molecule has 0 aliphatic rings. The molecule has 0 aromatic carbocycles. The van der Waals surface area contributed by atoms with Crippen molar-refractivity contribution in [1.29, 1.82) is 0 Å². The van der Waals surface area contributed by atoms with E-state index >= 15 is 0 Å². The highest BCUT2D eigenvalue weighted by Gasteiger charge is 2.04. The highest BCUT2D eigenvalue weighted by Crippen LogP contribution is 2.06. The summed E-state index contributed by atoms with van der Waals surface area (Å²) in [5.41, 5.74) is 6.79. The van der Waals surface area contributed by atoms with E-state index in [9.17, 15) is 0 Å². The fourth-order valence-corrected chi connectivity index (χ4v) is 1.33. The predicted octanol–water partition coefficient (Wildman–Crippen LogP) is 1.70. The maximum absolute atomic E-state index is 5.56. The van der Waals surface area contributed by atoms with Crippen LogP contribution < -0.4 is 5.73 Å². The number of hydrogen-bond donors (Lipinski definition) is 1. The third-order valence-corrected chi connectivity index (χ3v) is 2.44. The quantitative estimate of drug-likeness (QED) is 0.753. The maximum Gasteiger partial charge on any atom is 0.0947 e. The molecule has 0 aliphatic carbocycles. The Morgan fingerprint density at radius 2 is 2.36 bits per heavy atom. The number of nitrogens with two attached hydrogens (primary N) is 1. The van der Waals surface area contributed by atoms with Gasteiger partial charge in [0.25, 0.3) is 0 Å². The van der Waals surface area contributed by atoms with Gasteiger partial charge in [0.1, 0.15) is 0 Å². The first-order valence-electron chi connectivity index (χ1n) is 5.12. The second kappa shape index (κ2) is 5.83. The van der Waals surface area contributed by atoms with Gasteiger partial charge in [0.2, 0.25) is 0 Å². The van der Waals surface area contributed by atoms with Crippen molar-refractivity contribution in [1.82, 2.24) is 4.90 Å². The molecular formula is C11H20N2O. The van der Waals surface area contributed by atoms with Gasteiger partial charge in [-0.3, -0.25) is 0 Å². The van der Waals surface area contributed by atoms with Crippen molar-refractivity contribution in [3.05, 3.63) is 24.2 Å². The molecule has 0 bridgehead atoms. The summed E-state index contributed by atoms with van der Waals surface area (Å²) < 4.78 is 5.02. The van der Waals surface area contributed by atoms with E-state index in [1.54, 1.807) is 12.5 Å². The van der Waals surface area contributed by atoms with Crippen molar-refractivity contribution in [2.24, 2.45) is 11.7 Å². The van der Waals surface area contributed by atoms with E-state index < -0.39 is 0 Å². The van der Waals surface area contributed by atoms with Gasteiger partial charge < -0.3 is 15.1 Å². The Morgan fingerprint density at radius 3 is 2.93 bits per heavy atom. The van der Waals surface area contributed by atoms with Crippen LogP contribution in [0.2, 0.25) is 0 Å². The monoisotopic (exact) mass is 196 g/mol. The molecule has 2 N–H and O–H groups in total. The Labute approximate surface area is 85.9 Å². The van der Waals surface area contributed by atoms with Crippen LogP contribution in [-0.2, 0) is 6.54 Å². The van der Waals surface area contributed by atoms with Gasteiger partial charge in [0.15, 0.2) is 0 Å². The number of furan rings is 1. The minimum absolute atomic E-state index is 0.613. The van der Waals surface area contributed by atoms with E-state index in [-0.39, 0.29) is 0 Å². The SMILES string of the molecule is CC(CN)CCN(C)Cc1ccoc1. The molecule has 1 heterocycles. The average Bonchev–Trinajstić information content (AvgIpc) is 2.66. The summed E-state index contributed by atoms with van der Waals surface area (Å²) in [7, 11) is 2.12. The second-order valence-corrected chi connectivity index (χ2v) is 4.00. The largest absolute Gasteiger partial charge is 0.472 e. The van der Waals surface area contributed by atoms with Crippen molar-refractivity contribution in [2.75, 3.05) is 20.1 Å². The highest BCUT2D eigenvalue weighted by molar-refractivity contribution is 5.04. The molecular weight excluding hydrogens is 176 g/mol. The zero-order chi connectivity index (χ0) is 10.4. The summed E-state index contributed by atoms with van der Waals surface area (Å²) in [5, 5.41) is 0. The summed E-state index contributed by atoms with van der Waals surface area (Å²) in [6.45, 7) is 5.00. The fourth-order valence-electron chi connectivity index (χ4n) is 1.33. The van der Waals surface area contributed by atoms with Gasteiger partial charge in [0, 0.05) is 12.1 Å². The zero-order valence-electron chi connectivity index (χ0n) is 9.07. The van der Waals surface area contributed by atoms with Crippen LogP contribution in [0.4, 0.5) is 0 Å². The van der Waals surface area contributed by atoms with E-state index in [0.29, 0.717) is 5.92 Å². The summed E-state index contributed by atoms with van der Waals surface area (Å²) in [5.74, 6) is 0.613. The van der Waals surface area contributed by atoms with Crippen molar-refractivity contribution in [3.8, 4) is 0 Å². The van der Waals surface area contributed by atoms with E-state index in [0.717, 1.165) is 26.1 Å². The summed E-state index contributed by atoms with van der Waals surface area (Å²) >= 11 is 0. The molecule has 0 saturated heterocycles. The molecule has 1 aromatic rings. The van der Waals surface area contributed by atoms with Crippen molar-refractivity contribution < 1.29 is 4.42 Å². The number of rotatable bonds is 6. The highest BCUT2D eigenvalue weighted by atomic mass is 16.3. The molecule has 0 spiro atoms. The summed E-state index contributed by atoms with van der Waals surface area (Å²) in [6, 6.07) is 2.00. The molecule has 3 nitrogen and oxygen atoms in total. The standard InChI is InChI=1S/C11H20N2O/c1-10(7-12)3-5-13(2)8-11-4-6-14-9-11/h4,6,9-10H,3,5,7-8,12H2,1-2H3. The van der Waals surface area contributed by atoms with Crippen molar-refractivity contribution >= 4 is 0 Å². The van der Waals surface area contributed by atoms with Crippen molar-refractivity contribution in [3.63, 3.8) is 0 Å². The van der Waals surface area contributed by atoms with Gasteiger partial charge in [-0.05, 0) is 38.5 Å². The lowest BCUT2D eigenvalue weighted by atomic mass is 10.1. The van der Waals surface area contributed by atoms with Crippen LogP contribution in [0.3, 0.4) is 0 Å².